The summed E-state index contributed by atoms with van der Waals surface area (Å²) < 4.78 is 44.9. The van der Waals surface area contributed by atoms with Crippen molar-refractivity contribution in [1.82, 2.24) is 5.32 Å². The normalized spacial score (nSPS) is 13.9. The lowest BCUT2D eigenvalue weighted by atomic mass is 10.0. The van der Waals surface area contributed by atoms with Crippen LogP contribution in [0.15, 0.2) is 47.1 Å². The Kier molecular flexibility index (Phi) is 5.03. The summed E-state index contributed by atoms with van der Waals surface area (Å²) in [7, 11) is 0. The number of carbonyl (C=O) groups is 1. The summed E-state index contributed by atoms with van der Waals surface area (Å²) in [4.78, 5) is 11.8. The van der Waals surface area contributed by atoms with Crippen molar-refractivity contribution in [3.05, 3.63) is 48.4 Å². The van der Waals surface area contributed by atoms with E-state index in [1.165, 1.54) is 25.3 Å². The van der Waals surface area contributed by atoms with Crippen LogP contribution in [0.4, 0.5) is 23.7 Å². The van der Waals surface area contributed by atoms with Crippen molar-refractivity contribution >= 4 is 11.7 Å². The third kappa shape index (κ3) is 5.20. The van der Waals surface area contributed by atoms with Crippen LogP contribution in [0.25, 0.3) is 0 Å². The molecule has 0 fully saturated rings. The summed E-state index contributed by atoms with van der Waals surface area (Å²) in [6.45, 7) is 1.34. The van der Waals surface area contributed by atoms with Gasteiger partial charge in [-0.05, 0) is 43.3 Å². The van der Waals surface area contributed by atoms with Crippen molar-refractivity contribution in [3.8, 4) is 5.75 Å². The van der Waals surface area contributed by atoms with Crippen LogP contribution in [-0.2, 0) is 5.60 Å². The van der Waals surface area contributed by atoms with Gasteiger partial charge in [-0.25, -0.2) is 4.79 Å². The Balaban J connectivity index is 1.86. The molecule has 2 rings (SSSR count). The third-order valence-electron chi connectivity index (χ3n) is 2.99. The van der Waals surface area contributed by atoms with Crippen LogP contribution in [0.3, 0.4) is 0 Å². The maximum absolute atomic E-state index is 12.0. The number of ether oxygens (including phenoxy) is 1. The molecular formula is C15H15F3N2O4. The maximum atomic E-state index is 12.0. The van der Waals surface area contributed by atoms with E-state index in [1.807, 2.05) is 0 Å². The van der Waals surface area contributed by atoms with E-state index in [0.29, 0.717) is 0 Å². The van der Waals surface area contributed by atoms with Crippen molar-refractivity contribution < 1.29 is 32.2 Å². The van der Waals surface area contributed by atoms with Gasteiger partial charge in [-0.15, -0.1) is 13.2 Å². The van der Waals surface area contributed by atoms with E-state index in [1.54, 1.807) is 12.1 Å². The lowest BCUT2D eigenvalue weighted by molar-refractivity contribution is -0.274. The Hall–Kier alpha value is -2.68. The first-order valence-electron chi connectivity index (χ1n) is 6.83. The van der Waals surface area contributed by atoms with Crippen LogP contribution in [0.2, 0.25) is 0 Å². The Labute approximate surface area is 135 Å². The first kappa shape index (κ1) is 17.7. The summed E-state index contributed by atoms with van der Waals surface area (Å²) in [6, 6.07) is 7.19. The second-order valence-corrected chi connectivity index (χ2v) is 5.13. The molecule has 1 heterocycles. The van der Waals surface area contributed by atoms with Gasteiger partial charge in [0.1, 0.15) is 17.1 Å². The molecule has 1 unspecified atom stereocenters. The van der Waals surface area contributed by atoms with Crippen LogP contribution in [0, 0.1) is 0 Å². The fraction of sp³-hybridized carbons (Fsp3) is 0.267. The largest absolute Gasteiger partial charge is 0.573 e. The SMILES string of the molecule is CC(O)(CNC(=O)Nc1ccc(OC(F)(F)F)cc1)c1ccco1. The number of aliphatic hydroxyl groups is 1. The number of halogens is 3. The Morgan fingerprint density at radius 1 is 1.25 bits per heavy atom. The number of carbonyl (C=O) groups excluding carboxylic acids is 1. The van der Waals surface area contributed by atoms with Gasteiger partial charge in [0.25, 0.3) is 0 Å². The lowest BCUT2D eigenvalue weighted by Crippen LogP contribution is -2.40. The van der Waals surface area contributed by atoms with Crippen LogP contribution in [0.5, 0.6) is 5.75 Å². The lowest BCUT2D eigenvalue weighted by Gasteiger charge is -2.21. The summed E-state index contributed by atoms with van der Waals surface area (Å²) in [5.41, 5.74) is -1.13. The van der Waals surface area contributed by atoms with E-state index in [-0.39, 0.29) is 18.0 Å². The molecule has 0 saturated heterocycles. The van der Waals surface area contributed by atoms with Crippen LogP contribution in [0.1, 0.15) is 12.7 Å². The number of nitrogens with one attached hydrogen (secondary N) is 2. The van der Waals surface area contributed by atoms with Gasteiger partial charge in [-0.2, -0.15) is 0 Å². The molecule has 0 saturated carbocycles. The minimum atomic E-state index is -4.77. The number of anilines is 1. The highest BCUT2D eigenvalue weighted by Gasteiger charge is 2.31. The smallest absolute Gasteiger partial charge is 0.466 e. The molecule has 2 aromatic rings. The quantitative estimate of drug-likeness (QED) is 0.778. The van der Waals surface area contributed by atoms with Gasteiger partial charge in [-0.1, -0.05) is 0 Å². The molecule has 24 heavy (non-hydrogen) atoms. The molecule has 130 valence electrons. The van der Waals surface area contributed by atoms with Crippen molar-refractivity contribution in [2.75, 3.05) is 11.9 Å². The van der Waals surface area contributed by atoms with Gasteiger partial charge >= 0.3 is 12.4 Å². The predicted octanol–water partition coefficient (Wildman–Crippen LogP) is 3.21. The Morgan fingerprint density at radius 3 is 2.46 bits per heavy atom. The van der Waals surface area contributed by atoms with Crippen molar-refractivity contribution in [2.24, 2.45) is 0 Å². The Morgan fingerprint density at radius 2 is 1.92 bits per heavy atom. The average molecular weight is 344 g/mol. The molecule has 1 atom stereocenters. The van der Waals surface area contributed by atoms with Gasteiger partial charge in [0.05, 0.1) is 12.8 Å². The third-order valence-corrected chi connectivity index (χ3v) is 2.99. The fourth-order valence-electron chi connectivity index (χ4n) is 1.84. The van der Waals surface area contributed by atoms with Crippen molar-refractivity contribution in [2.45, 2.75) is 18.9 Å². The molecule has 0 radical (unpaired) electrons. The topological polar surface area (TPSA) is 83.7 Å². The fourth-order valence-corrected chi connectivity index (χ4v) is 1.84. The molecule has 0 spiro atoms. The summed E-state index contributed by atoms with van der Waals surface area (Å²) in [6.07, 6.45) is -3.38. The first-order valence-corrected chi connectivity index (χ1v) is 6.83. The number of urea groups is 1. The highest BCUT2D eigenvalue weighted by molar-refractivity contribution is 5.89. The zero-order valence-electron chi connectivity index (χ0n) is 12.6. The maximum Gasteiger partial charge on any atom is 0.573 e. The van der Waals surface area contributed by atoms with Gasteiger partial charge in [0.2, 0.25) is 0 Å². The summed E-state index contributed by atoms with van der Waals surface area (Å²) >= 11 is 0. The standard InChI is InChI=1S/C15H15F3N2O4/c1-14(22,12-3-2-8-23-12)9-19-13(21)20-10-4-6-11(7-5-10)24-15(16,17)18/h2-8,22H,9H2,1H3,(H2,19,20,21). The molecule has 0 aliphatic rings. The second-order valence-electron chi connectivity index (χ2n) is 5.13. The number of amides is 2. The summed E-state index contributed by atoms with van der Waals surface area (Å²) in [5.74, 6) is -0.106. The molecule has 1 aromatic carbocycles. The van der Waals surface area contributed by atoms with E-state index in [4.69, 9.17) is 4.42 Å². The number of alkyl halides is 3. The first-order chi connectivity index (χ1) is 11.2. The van der Waals surface area contributed by atoms with Gasteiger partial charge in [0, 0.05) is 5.69 Å². The highest BCUT2D eigenvalue weighted by atomic mass is 19.4. The molecular weight excluding hydrogens is 329 g/mol. The minimum Gasteiger partial charge on any atom is -0.466 e. The van der Waals surface area contributed by atoms with E-state index < -0.39 is 23.7 Å². The number of rotatable bonds is 5. The van der Waals surface area contributed by atoms with Crippen LogP contribution >= 0.6 is 0 Å². The molecule has 0 aliphatic heterocycles. The van der Waals surface area contributed by atoms with Crippen molar-refractivity contribution in [1.29, 1.82) is 0 Å². The van der Waals surface area contributed by atoms with E-state index in [9.17, 15) is 23.1 Å². The molecule has 2 amide bonds. The summed E-state index contributed by atoms with van der Waals surface area (Å²) in [5, 5.41) is 15.0. The number of hydrogen-bond donors (Lipinski definition) is 3. The second kappa shape index (κ2) is 6.83. The van der Waals surface area contributed by atoms with E-state index in [0.717, 1.165) is 12.1 Å². The predicted molar refractivity (Wildman–Crippen MR) is 78.4 cm³/mol. The highest BCUT2D eigenvalue weighted by Crippen LogP contribution is 2.24. The average Bonchev–Trinajstić information content (AvgIpc) is 3.01. The number of hydrogen-bond acceptors (Lipinski definition) is 4. The monoisotopic (exact) mass is 344 g/mol. The number of furan rings is 1. The zero-order valence-corrected chi connectivity index (χ0v) is 12.6. The minimum absolute atomic E-state index is 0.123. The molecule has 6 nitrogen and oxygen atoms in total. The molecule has 0 aliphatic carbocycles. The van der Waals surface area contributed by atoms with Crippen LogP contribution in [-0.4, -0.2) is 24.0 Å². The van der Waals surface area contributed by atoms with Crippen LogP contribution < -0.4 is 15.4 Å². The molecule has 0 bridgehead atoms. The van der Waals surface area contributed by atoms with E-state index in [2.05, 4.69) is 15.4 Å². The van der Waals surface area contributed by atoms with Gasteiger partial charge < -0.3 is 24.9 Å². The van der Waals surface area contributed by atoms with E-state index >= 15 is 0 Å². The molecule has 1 aromatic heterocycles. The number of benzene rings is 1. The Bertz CT molecular complexity index is 667. The zero-order chi connectivity index (χ0) is 17.8. The van der Waals surface area contributed by atoms with Crippen molar-refractivity contribution in [3.63, 3.8) is 0 Å². The van der Waals surface area contributed by atoms with Gasteiger partial charge in [-0.3, -0.25) is 0 Å². The molecule has 3 N–H and O–H groups in total. The molecule has 9 heteroatoms. The van der Waals surface area contributed by atoms with Gasteiger partial charge in [0.15, 0.2) is 0 Å².